The van der Waals surface area contributed by atoms with E-state index in [1.807, 2.05) is 0 Å². The van der Waals surface area contributed by atoms with Gasteiger partial charge in [-0.15, -0.1) is 0 Å². The standard InChI is InChI=1S/C7H7BrO4/c1-10-6(9)5-3-4(8)7(11-2)12-5/h3H,1-2H3. The molecule has 5 heteroatoms. The Morgan fingerprint density at radius 3 is 2.67 bits per heavy atom. The van der Waals surface area contributed by atoms with Crippen molar-refractivity contribution in [3.63, 3.8) is 0 Å². The average Bonchev–Trinajstić information content (AvgIpc) is 2.45. The zero-order valence-corrected chi connectivity index (χ0v) is 8.17. The molecular formula is C7H7BrO4. The molecule has 0 unspecified atom stereocenters. The molecule has 0 aliphatic carbocycles. The van der Waals surface area contributed by atoms with Crippen molar-refractivity contribution in [3.8, 4) is 5.95 Å². The summed E-state index contributed by atoms with van der Waals surface area (Å²) in [6.45, 7) is 0. The SMILES string of the molecule is COC(=O)c1cc(Br)c(OC)o1. The summed E-state index contributed by atoms with van der Waals surface area (Å²) in [5, 5.41) is 0. The van der Waals surface area contributed by atoms with E-state index in [1.54, 1.807) is 0 Å². The van der Waals surface area contributed by atoms with Gasteiger partial charge in [0, 0.05) is 6.07 Å². The second-order valence-corrected chi connectivity index (χ2v) is 2.80. The van der Waals surface area contributed by atoms with Crippen molar-refractivity contribution in [1.82, 2.24) is 0 Å². The van der Waals surface area contributed by atoms with Crippen LogP contribution in [-0.2, 0) is 4.74 Å². The predicted molar refractivity (Wildman–Crippen MR) is 44.3 cm³/mol. The summed E-state index contributed by atoms with van der Waals surface area (Å²) in [5.41, 5.74) is 0. The van der Waals surface area contributed by atoms with E-state index >= 15 is 0 Å². The van der Waals surface area contributed by atoms with Gasteiger partial charge < -0.3 is 13.9 Å². The van der Waals surface area contributed by atoms with Gasteiger partial charge >= 0.3 is 5.97 Å². The first kappa shape index (κ1) is 9.12. The van der Waals surface area contributed by atoms with Crippen LogP contribution >= 0.6 is 15.9 Å². The lowest BCUT2D eigenvalue weighted by Crippen LogP contribution is -1.98. The number of carbonyl (C=O) groups excluding carboxylic acids is 1. The zero-order chi connectivity index (χ0) is 9.14. The van der Waals surface area contributed by atoms with E-state index in [4.69, 9.17) is 9.15 Å². The van der Waals surface area contributed by atoms with Crippen LogP contribution in [0.2, 0.25) is 0 Å². The lowest BCUT2D eigenvalue weighted by atomic mass is 10.5. The van der Waals surface area contributed by atoms with E-state index in [2.05, 4.69) is 20.7 Å². The Morgan fingerprint density at radius 1 is 1.58 bits per heavy atom. The van der Waals surface area contributed by atoms with Crippen LogP contribution in [0.15, 0.2) is 15.0 Å². The molecule has 1 rings (SSSR count). The Kier molecular flexibility index (Phi) is 2.75. The normalized spacial score (nSPS) is 9.58. The molecule has 0 N–H and O–H groups in total. The summed E-state index contributed by atoms with van der Waals surface area (Å²) in [7, 11) is 2.73. The van der Waals surface area contributed by atoms with Gasteiger partial charge in [0.1, 0.15) is 4.47 Å². The highest BCUT2D eigenvalue weighted by Gasteiger charge is 2.15. The quantitative estimate of drug-likeness (QED) is 0.733. The number of hydrogen-bond donors (Lipinski definition) is 0. The second-order valence-electron chi connectivity index (χ2n) is 1.94. The van der Waals surface area contributed by atoms with Crippen LogP contribution < -0.4 is 4.74 Å². The van der Waals surface area contributed by atoms with Crippen molar-refractivity contribution in [2.75, 3.05) is 14.2 Å². The minimum atomic E-state index is -0.529. The molecule has 0 amide bonds. The van der Waals surface area contributed by atoms with Crippen LogP contribution in [0, 0.1) is 0 Å². The molecule has 0 spiro atoms. The number of furan rings is 1. The summed E-state index contributed by atoms with van der Waals surface area (Å²) in [4.78, 5) is 10.9. The van der Waals surface area contributed by atoms with E-state index in [9.17, 15) is 4.79 Å². The van der Waals surface area contributed by atoms with E-state index in [0.29, 0.717) is 4.47 Å². The van der Waals surface area contributed by atoms with E-state index in [1.165, 1.54) is 20.3 Å². The van der Waals surface area contributed by atoms with Crippen LogP contribution in [0.5, 0.6) is 5.95 Å². The topological polar surface area (TPSA) is 48.7 Å². The van der Waals surface area contributed by atoms with Crippen molar-refractivity contribution < 1.29 is 18.7 Å². The molecule has 0 saturated heterocycles. The van der Waals surface area contributed by atoms with Crippen molar-refractivity contribution in [1.29, 1.82) is 0 Å². The monoisotopic (exact) mass is 234 g/mol. The van der Waals surface area contributed by atoms with E-state index in [-0.39, 0.29) is 11.7 Å². The van der Waals surface area contributed by atoms with E-state index < -0.39 is 5.97 Å². The number of ether oxygens (including phenoxy) is 2. The molecule has 1 heterocycles. The lowest BCUT2D eigenvalue weighted by molar-refractivity contribution is 0.0559. The van der Waals surface area contributed by atoms with Gasteiger partial charge in [0.05, 0.1) is 14.2 Å². The number of carbonyl (C=O) groups is 1. The van der Waals surface area contributed by atoms with Crippen molar-refractivity contribution in [3.05, 3.63) is 16.3 Å². The van der Waals surface area contributed by atoms with Gasteiger partial charge in [-0.3, -0.25) is 0 Å². The molecule has 1 aromatic rings. The Labute approximate surface area is 77.6 Å². The highest BCUT2D eigenvalue weighted by molar-refractivity contribution is 9.10. The van der Waals surface area contributed by atoms with Crippen molar-refractivity contribution >= 4 is 21.9 Å². The molecule has 12 heavy (non-hydrogen) atoms. The van der Waals surface area contributed by atoms with Crippen LogP contribution in [0.25, 0.3) is 0 Å². The first-order valence-electron chi connectivity index (χ1n) is 3.10. The molecule has 0 fully saturated rings. The average molecular weight is 235 g/mol. The largest absolute Gasteiger partial charge is 0.468 e. The molecule has 0 aliphatic rings. The van der Waals surface area contributed by atoms with E-state index in [0.717, 1.165) is 0 Å². The Bertz CT molecular complexity index is 292. The van der Waals surface area contributed by atoms with Crippen LogP contribution in [0.3, 0.4) is 0 Å². The third kappa shape index (κ3) is 1.61. The molecule has 0 bridgehead atoms. The Balaban J connectivity index is 2.96. The van der Waals surface area contributed by atoms with Crippen LogP contribution in [0.4, 0.5) is 0 Å². The van der Waals surface area contributed by atoms with Crippen LogP contribution in [-0.4, -0.2) is 20.2 Å². The summed E-state index contributed by atoms with van der Waals surface area (Å²) >= 11 is 3.15. The minimum absolute atomic E-state index is 0.112. The van der Waals surface area contributed by atoms with Gasteiger partial charge in [-0.25, -0.2) is 4.79 Å². The molecular weight excluding hydrogens is 228 g/mol. The molecule has 0 aromatic carbocycles. The number of halogens is 1. The van der Waals surface area contributed by atoms with Crippen molar-refractivity contribution in [2.45, 2.75) is 0 Å². The van der Waals surface area contributed by atoms with Gasteiger partial charge in [-0.1, -0.05) is 0 Å². The maximum absolute atomic E-state index is 10.9. The summed E-state index contributed by atoms with van der Waals surface area (Å²) in [6, 6.07) is 1.49. The highest BCUT2D eigenvalue weighted by atomic mass is 79.9. The smallest absolute Gasteiger partial charge is 0.374 e. The van der Waals surface area contributed by atoms with Gasteiger partial charge in [0.25, 0.3) is 5.95 Å². The first-order valence-corrected chi connectivity index (χ1v) is 3.90. The van der Waals surface area contributed by atoms with Gasteiger partial charge in [0.15, 0.2) is 0 Å². The van der Waals surface area contributed by atoms with Crippen LogP contribution in [0.1, 0.15) is 10.6 Å². The molecule has 0 aliphatic heterocycles. The Hall–Kier alpha value is -0.970. The molecule has 1 aromatic heterocycles. The second kappa shape index (κ2) is 3.62. The van der Waals surface area contributed by atoms with Gasteiger partial charge in [-0.2, -0.15) is 0 Å². The fraction of sp³-hybridized carbons (Fsp3) is 0.286. The first-order chi connectivity index (χ1) is 5.69. The number of esters is 1. The molecule has 0 saturated carbocycles. The zero-order valence-electron chi connectivity index (χ0n) is 6.59. The lowest BCUT2D eigenvalue weighted by Gasteiger charge is -1.93. The minimum Gasteiger partial charge on any atom is -0.468 e. The highest BCUT2D eigenvalue weighted by Crippen LogP contribution is 2.28. The van der Waals surface area contributed by atoms with Crippen molar-refractivity contribution in [2.24, 2.45) is 0 Å². The molecule has 0 radical (unpaired) electrons. The maximum atomic E-state index is 10.9. The molecule has 4 nitrogen and oxygen atoms in total. The summed E-state index contributed by atoms with van der Waals surface area (Å²) in [5.74, 6) is -0.157. The summed E-state index contributed by atoms with van der Waals surface area (Å²) < 4.78 is 14.8. The number of hydrogen-bond acceptors (Lipinski definition) is 4. The predicted octanol–water partition coefficient (Wildman–Crippen LogP) is 1.84. The number of methoxy groups -OCH3 is 2. The Morgan fingerprint density at radius 2 is 2.25 bits per heavy atom. The van der Waals surface area contributed by atoms with Gasteiger partial charge in [0.2, 0.25) is 5.76 Å². The molecule has 66 valence electrons. The summed E-state index contributed by atoms with van der Waals surface area (Å²) in [6.07, 6.45) is 0. The molecule has 0 atom stereocenters. The third-order valence-electron chi connectivity index (χ3n) is 1.23. The number of rotatable bonds is 2. The fourth-order valence-electron chi connectivity index (χ4n) is 0.692. The van der Waals surface area contributed by atoms with Gasteiger partial charge in [-0.05, 0) is 15.9 Å². The fourth-order valence-corrected chi connectivity index (χ4v) is 1.14. The third-order valence-corrected chi connectivity index (χ3v) is 1.78. The maximum Gasteiger partial charge on any atom is 0.374 e.